The van der Waals surface area contributed by atoms with Crippen molar-refractivity contribution in [3.8, 4) is 16.3 Å². The van der Waals surface area contributed by atoms with Crippen LogP contribution in [0.4, 0.5) is 11.4 Å². The van der Waals surface area contributed by atoms with Gasteiger partial charge in [0.25, 0.3) is 5.91 Å². The van der Waals surface area contributed by atoms with Gasteiger partial charge in [-0.1, -0.05) is 24.3 Å². The molecule has 4 rings (SSSR count). The summed E-state index contributed by atoms with van der Waals surface area (Å²) in [5.74, 6) is 0.363. The van der Waals surface area contributed by atoms with Crippen molar-refractivity contribution in [2.45, 2.75) is 13.8 Å². The van der Waals surface area contributed by atoms with Crippen LogP contribution in [0.15, 0.2) is 60.7 Å². The standard InChI is InChI=1S/C23H21N3O2S/c1-3-28-20-12-11-15(13-17(20)24)22(27)25-18-9-6-7-16(14(18)2)23-26-19-8-4-5-10-21(19)29-23/h4-13H,3,24H2,1-2H3,(H,25,27). The minimum absolute atomic E-state index is 0.218. The van der Waals surface area contributed by atoms with Crippen molar-refractivity contribution >= 4 is 38.8 Å². The number of ether oxygens (including phenoxy) is 1. The number of para-hydroxylation sites is 1. The SMILES string of the molecule is CCOc1ccc(C(=O)Nc2cccc(-c3nc4ccccc4s3)c2C)cc1N. The summed E-state index contributed by atoms with van der Waals surface area (Å²) in [5, 5.41) is 3.93. The predicted octanol–water partition coefficient (Wildman–Crippen LogP) is 5.50. The molecule has 0 aliphatic carbocycles. The number of hydrogen-bond donors (Lipinski definition) is 2. The molecule has 3 aromatic carbocycles. The number of nitrogen functional groups attached to an aromatic ring is 1. The van der Waals surface area contributed by atoms with Gasteiger partial charge in [0.1, 0.15) is 10.8 Å². The van der Waals surface area contributed by atoms with Crippen LogP contribution in [0.2, 0.25) is 0 Å². The molecule has 0 radical (unpaired) electrons. The van der Waals surface area contributed by atoms with Crippen molar-refractivity contribution in [3.63, 3.8) is 0 Å². The third-order valence-corrected chi connectivity index (χ3v) is 5.75. The molecule has 0 unspecified atom stereocenters. The zero-order valence-electron chi connectivity index (χ0n) is 16.2. The Kier molecular flexibility index (Phi) is 5.18. The molecule has 6 heteroatoms. The Labute approximate surface area is 173 Å². The summed E-state index contributed by atoms with van der Waals surface area (Å²) in [6.07, 6.45) is 0. The molecule has 5 nitrogen and oxygen atoms in total. The molecule has 1 aromatic heterocycles. The number of nitrogens with one attached hydrogen (secondary N) is 1. The fourth-order valence-electron chi connectivity index (χ4n) is 3.16. The molecule has 4 aromatic rings. The summed E-state index contributed by atoms with van der Waals surface area (Å²) in [6, 6.07) is 19.0. The highest BCUT2D eigenvalue weighted by Gasteiger charge is 2.14. The van der Waals surface area contributed by atoms with Crippen molar-refractivity contribution in [1.29, 1.82) is 0 Å². The molecule has 0 aliphatic heterocycles. The number of amides is 1. The van der Waals surface area contributed by atoms with Gasteiger partial charge in [0.2, 0.25) is 0 Å². The number of thiazole rings is 1. The topological polar surface area (TPSA) is 77.2 Å². The van der Waals surface area contributed by atoms with Gasteiger partial charge in [-0.05, 0) is 55.8 Å². The number of nitrogens with zero attached hydrogens (tertiary/aromatic N) is 1. The second-order valence-electron chi connectivity index (χ2n) is 6.60. The van der Waals surface area contributed by atoms with E-state index in [1.807, 2.05) is 50.2 Å². The summed E-state index contributed by atoms with van der Waals surface area (Å²) in [7, 11) is 0. The van der Waals surface area contributed by atoms with Gasteiger partial charge in [-0.15, -0.1) is 11.3 Å². The van der Waals surface area contributed by atoms with Crippen molar-refractivity contribution < 1.29 is 9.53 Å². The highest BCUT2D eigenvalue weighted by molar-refractivity contribution is 7.21. The molecule has 29 heavy (non-hydrogen) atoms. The monoisotopic (exact) mass is 403 g/mol. The molecule has 0 aliphatic rings. The highest BCUT2D eigenvalue weighted by Crippen LogP contribution is 2.34. The van der Waals surface area contributed by atoms with Crippen LogP contribution in [0.1, 0.15) is 22.8 Å². The minimum Gasteiger partial charge on any atom is -0.492 e. The van der Waals surface area contributed by atoms with E-state index >= 15 is 0 Å². The number of carbonyl (C=O) groups is 1. The number of fused-ring (bicyclic) bond motifs is 1. The summed E-state index contributed by atoms with van der Waals surface area (Å²) in [5.41, 5.74) is 10.6. The first kappa shape index (κ1) is 19.0. The molecule has 3 N–H and O–H groups in total. The number of benzene rings is 3. The van der Waals surface area contributed by atoms with Gasteiger partial charge in [-0.2, -0.15) is 0 Å². The molecule has 146 valence electrons. The first-order chi connectivity index (χ1) is 14.1. The molecule has 0 atom stereocenters. The third-order valence-electron chi connectivity index (χ3n) is 4.68. The van der Waals surface area contributed by atoms with E-state index in [4.69, 9.17) is 15.5 Å². The summed E-state index contributed by atoms with van der Waals surface area (Å²) < 4.78 is 6.58. The van der Waals surface area contributed by atoms with Crippen LogP contribution in [0.25, 0.3) is 20.8 Å². The maximum absolute atomic E-state index is 12.8. The van der Waals surface area contributed by atoms with Crippen LogP contribution in [0, 0.1) is 6.92 Å². The Morgan fingerprint density at radius 3 is 2.72 bits per heavy atom. The van der Waals surface area contributed by atoms with Crippen LogP contribution in [0.3, 0.4) is 0 Å². The van der Waals surface area contributed by atoms with Crippen LogP contribution >= 0.6 is 11.3 Å². The van der Waals surface area contributed by atoms with E-state index in [0.29, 0.717) is 23.6 Å². The maximum Gasteiger partial charge on any atom is 0.255 e. The Bertz CT molecular complexity index is 1170. The van der Waals surface area contributed by atoms with E-state index in [-0.39, 0.29) is 5.91 Å². The molecule has 0 spiro atoms. The highest BCUT2D eigenvalue weighted by atomic mass is 32.1. The number of rotatable bonds is 5. The summed E-state index contributed by atoms with van der Waals surface area (Å²) >= 11 is 1.64. The minimum atomic E-state index is -0.218. The van der Waals surface area contributed by atoms with Gasteiger partial charge >= 0.3 is 0 Å². The van der Waals surface area contributed by atoms with E-state index in [2.05, 4.69) is 11.4 Å². The van der Waals surface area contributed by atoms with Gasteiger partial charge in [-0.25, -0.2) is 4.98 Å². The summed E-state index contributed by atoms with van der Waals surface area (Å²) in [6.45, 7) is 4.40. The zero-order valence-corrected chi connectivity index (χ0v) is 17.0. The maximum atomic E-state index is 12.8. The number of aromatic nitrogens is 1. The average molecular weight is 404 g/mol. The average Bonchev–Trinajstić information content (AvgIpc) is 3.15. The Morgan fingerprint density at radius 1 is 1.14 bits per heavy atom. The molecule has 1 amide bonds. The largest absolute Gasteiger partial charge is 0.492 e. The number of anilines is 2. The predicted molar refractivity (Wildman–Crippen MR) is 120 cm³/mol. The van der Waals surface area contributed by atoms with E-state index in [1.165, 1.54) is 0 Å². The quantitative estimate of drug-likeness (QED) is 0.431. The number of hydrogen-bond acceptors (Lipinski definition) is 5. The van der Waals surface area contributed by atoms with Crippen molar-refractivity contribution in [1.82, 2.24) is 4.98 Å². The summed E-state index contributed by atoms with van der Waals surface area (Å²) in [4.78, 5) is 17.5. The van der Waals surface area contributed by atoms with Gasteiger partial charge in [0, 0.05) is 16.8 Å². The van der Waals surface area contributed by atoms with Crippen LogP contribution in [-0.2, 0) is 0 Å². The lowest BCUT2D eigenvalue weighted by molar-refractivity contribution is 0.102. The number of carbonyl (C=O) groups excluding carboxylic acids is 1. The molecular weight excluding hydrogens is 382 g/mol. The lowest BCUT2D eigenvalue weighted by Crippen LogP contribution is -2.13. The Morgan fingerprint density at radius 2 is 1.97 bits per heavy atom. The molecule has 0 bridgehead atoms. The normalized spacial score (nSPS) is 10.8. The van der Waals surface area contributed by atoms with Crippen LogP contribution < -0.4 is 15.8 Å². The van der Waals surface area contributed by atoms with Gasteiger partial charge in [-0.3, -0.25) is 4.79 Å². The van der Waals surface area contributed by atoms with E-state index < -0.39 is 0 Å². The van der Waals surface area contributed by atoms with Crippen molar-refractivity contribution in [2.24, 2.45) is 0 Å². The van der Waals surface area contributed by atoms with Crippen molar-refractivity contribution in [3.05, 3.63) is 71.8 Å². The van der Waals surface area contributed by atoms with Crippen molar-refractivity contribution in [2.75, 3.05) is 17.7 Å². The van der Waals surface area contributed by atoms with Crippen LogP contribution in [0.5, 0.6) is 5.75 Å². The second-order valence-corrected chi connectivity index (χ2v) is 7.64. The Balaban J connectivity index is 1.62. The molecular formula is C23H21N3O2S. The molecule has 0 saturated heterocycles. The smallest absolute Gasteiger partial charge is 0.255 e. The fraction of sp³-hybridized carbons (Fsp3) is 0.130. The van der Waals surface area contributed by atoms with Gasteiger partial charge in [0.05, 0.1) is 22.5 Å². The van der Waals surface area contributed by atoms with E-state index in [0.717, 1.165) is 32.0 Å². The van der Waals surface area contributed by atoms with E-state index in [1.54, 1.807) is 29.5 Å². The lowest BCUT2D eigenvalue weighted by Gasteiger charge is -2.12. The third kappa shape index (κ3) is 3.79. The fourth-order valence-corrected chi connectivity index (χ4v) is 4.21. The lowest BCUT2D eigenvalue weighted by atomic mass is 10.1. The number of nitrogens with two attached hydrogens (primary N) is 1. The Hall–Kier alpha value is -3.38. The zero-order chi connectivity index (χ0) is 20.4. The van der Waals surface area contributed by atoms with Crippen LogP contribution in [-0.4, -0.2) is 17.5 Å². The molecule has 0 fully saturated rings. The van der Waals surface area contributed by atoms with E-state index in [9.17, 15) is 4.79 Å². The molecule has 1 heterocycles. The first-order valence-corrected chi connectivity index (χ1v) is 10.2. The molecule has 0 saturated carbocycles. The van der Waals surface area contributed by atoms with Gasteiger partial charge in [0.15, 0.2) is 0 Å². The first-order valence-electron chi connectivity index (χ1n) is 9.36. The second kappa shape index (κ2) is 7.93. The van der Waals surface area contributed by atoms with Gasteiger partial charge < -0.3 is 15.8 Å².